The number of carbonyl (C=O) groups is 3. The summed E-state index contributed by atoms with van der Waals surface area (Å²) in [5.74, 6) is -1.87. The van der Waals surface area contributed by atoms with Gasteiger partial charge in [-0.15, -0.1) is 0 Å². The molecule has 0 aromatic heterocycles. The zero-order valence-electron chi connectivity index (χ0n) is 15.8. The van der Waals surface area contributed by atoms with Crippen LogP contribution in [-0.2, 0) is 14.3 Å². The molecule has 0 saturated heterocycles. The number of fused-ring (bicyclic) bond motifs is 1. The Morgan fingerprint density at radius 2 is 1.57 bits per heavy atom. The highest BCUT2D eigenvalue weighted by molar-refractivity contribution is 6.53. The Balaban J connectivity index is 2.29. The molecule has 2 aromatic rings. The van der Waals surface area contributed by atoms with Crippen molar-refractivity contribution >= 4 is 23.3 Å². The summed E-state index contributed by atoms with van der Waals surface area (Å²) in [5.41, 5.74) is 0.691. The normalized spacial score (nSPS) is 13.8. The molecule has 1 unspecified atom stereocenters. The van der Waals surface area contributed by atoms with Gasteiger partial charge >= 0.3 is 11.9 Å². The Morgan fingerprint density at radius 3 is 2.11 bits per heavy atom. The molecule has 0 N–H and O–H groups in total. The number of hydrogen-bond acceptors (Lipinski definition) is 7. The molecule has 0 fully saturated rings. The summed E-state index contributed by atoms with van der Waals surface area (Å²) in [5, 5.41) is 0. The van der Waals surface area contributed by atoms with Crippen LogP contribution < -0.4 is 19.1 Å². The first-order valence-electron chi connectivity index (χ1n) is 8.33. The van der Waals surface area contributed by atoms with E-state index < -0.39 is 23.7 Å². The summed E-state index contributed by atoms with van der Waals surface area (Å²) in [6, 6.07) is 8.91. The van der Waals surface area contributed by atoms with Gasteiger partial charge in [-0.25, -0.2) is 4.79 Å². The SMILES string of the molecule is COC(=O)C(c1ccccc1)N1C(=O)C(=O)c2c1cc(OC)c(OC)c2OC. The molecule has 1 heterocycles. The number of benzene rings is 2. The van der Waals surface area contributed by atoms with Crippen LogP contribution in [0.5, 0.6) is 17.2 Å². The van der Waals surface area contributed by atoms with Crippen molar-refractivity contribution in [2.45, 2.75) is 6.04 Å². The maximum Gasteiger partial charge on any atom is 0.333 e. The maximum absolute atomic E-state index is 12.9. The second kappa shape index (κ2) is 7.59. The number of anilines is 1. The minimum Gasteiger partial charge on any atom is -0.493 e. The molecule has 1 aliphatic rings. The highest BCUT2D eigenvalue weighted by Crippen LogP contribution is 2.49. The van der Waals surface area contributed by atoms with Gasteiger partial charge in [-0.05, 0) is 5.56 Å². The number of rotatable bonds is 6. The van der Waals surface area contributed by atoms with E-state index in [4.69, 9.17) is 18.9 Å². The molecule has 0 radical (unpaired) electrons. The number of methoxy groups -OCH3 is 4. The minimum absolute atomic E-state index is 0.00924. The molecule has 8 heteroatoms. The lowest BCUT2D eigenvalue weighted by Gasteiger charge is -2.26. The molecule has 2 aromatic carbocycles. The van der Waals surface area contributed by atoms with E-state index in [1.807, 2.05) is 0 Å². The second-order valence-corrected chi connectivity index (χ2v) is 5.88. The first kappa shape index (κ1) is 19.2. The number of amides is 1. The van der Waals surface area contributed by atoms with E-state index in [0.717, 1.165) is 4.90 Å². The molecular weight excluding hydrogens is 366 g/mol. The number of ether oxygens (including phenoxy) is 4. The zero-order valence-corrected chi connectivity index (χ0v) is 15.8. The third kappa shape index (κ3) is 2.83. The van der Waals surface area contributed by atoms with Crippen LogP contribution in [-0.4, -0.2) is 46.1 Å². The van der Waals surface area contributed by atoms with E-state index in [9.17, 15) is 14.4 Å². The van der Waals surface area contributed by atoms with Crippen molar-refractivity contribution in [2.24, 2.45) is 0 Å². The number of esters is 1. The van der Waals surface area contributed by atoms with Crippen molar-refractivity contribution in [3.63, 3.8) is 0 Å². The van der Waals surface area contributed by atoms with Crippen molar-refractivity contribution in [3.8, 4) is 17.2 Å². The van der Waals surface area contributed by atoms with Gasteiger partial charge in [0.2, 0.25) is 5.75 Å². The fourth-order valence-corrected chi connectivity index (χ4v) is 3.27. The van der Waals surface area contributed by atoms with Crippen molar-refractivity contribution in [1.82, 2.24) is 0 Å². The van der Waals surface area contributed by atoms with Gasteiger partial charge in [0.1, 0.15) is 0 Å². The Hall–Kier alpha value is -3.55. The van der Waals surface area contributed by atoms with Crippen LogP contribution in [0.25, 0.3) is 0 Å². The molecule has 0 saturated carbocycles. The summed E-state index contributed by atoms with van der Waals surface area (Å²) in [6.45, 7) is 0. The van der Waals surface area contributed by atoms with Crippen LogP contribution in [0.15, 0.2) is 36.4 Å². The van der Waals surface area contributed by atoms with Crippen molar-refractivity contribution in [1.29, 1.82) is 0 Å². The monoisotopic (exact) mass is 385 g/mol. The molecule has 28 heavy (non-hydrogen) atoms. The lowest BCUT2D eigenvalue weighted by molar-refractivity contribution is -0.143. The first-order chi connectivity index (χ1) is 13.5. The summed E-state index contributed by atoms with van der Waals surface area (Å²) in [6.07, 6.45) is 0. The zero-order chi connectivity index (χ0) is 20.4. The molecule has 3 rings (SSSR count). The molecule has 146 valence electrons. The molecule has 0 aliphatic carbocycles. The molecule has 1 amide bonds. The number of carbonyl (C=O) groups excluding carboxylic acids is 3. The molecule has 0 bridgehead atoms. The number of Topliss-reactive ketones (excluding diaryl/α,β-unsaturated/α-hetero) is 1. The van der Waals surface area contributed by atoms with Crippen molar-refractivity contribution in [3.05, 3.63) is 47.5 Å². The highest BCUT2D eigenvalue weighted by Gasteiger charge is 2.47. The predicted molar refractivity (Wildman–Crippen MR) is 99.1 cm³/mol. The van der Waals surface area contributed by atoms with Crippen LogP contribution >= 0.6 is 0 Å². The Morgan fingerprint density at radius 1 is 0.929 bits per heavy atom. The molecule has 1 atom stereocenters. The van der Waals surface area contributed by atoms with Gasteiger partial charge in [0.05, 0.1) is 39.7 Å². The van der Waals surface area contributed by atoms with Gasteiger partial charge in [0.25, 0.3) is 5.78 Å². The van der Waals surface area contributed by atoms with Gasteiger partial charge in [0.15, 0.2) is 17.5 Å². The van der Waals surface area contributed by atoms with Crippen LogP contribution in [0, 0.1) is 0 Å². The first-order valence-corrected chi connectivity index (χ1v) is 8.33. The van der Waals surface area contributed by atoms with Crippen molar-refractivity contribution in [2.75, 3.05) is 33.3 Å². The number of ketones is 1. The summed E-state index contributed by atoms with van der Waals surface area (Å²) >= 11 is 0. The van der Waals surface area contributed by atoms with Gasteiger partial charge in [0, 0.05) is 6.07 Å². The molecule has 8 nitrogen and oxygen atoms in total. The smallest absolute Gasteiger partial charge is 0.333 e. The lowest BCUT2D eigenvalue weighted by atomic mass is 10.0. The summed E-state index contributed by atoms with van der Waals surface area (Å²) < 4.78 is 20.9. The lowest BCUT2D eigenvalue weighted by Crippen LogP contribution is -2.38. The summed E-state index contributed by atoms with van der Waals surface area (Å²) in [7, 11) is 5.39. The topological polar surface area (TPSA) is 91.4 Å². The van der Waals surface area contributed by atoms with Crippen LogP contribution in [0.2, 0.25) is 0 Å². The Labute approximate surface area is 161 Å². The third-order valence-electron chi connectivity index (χ3n) is 4.51. The second-order valence-electron chi connectivity index (χ2n) is 5.88. The van der Waals surface area contributed by atoms with Gasteiger partial charge in [-0.2, -0.15) is 0 Å². The average molecular weight is 385 g/mol. The minimum atomic E-state index is -1.15. The highest BCUT2D eigenvalue weighted by atomic mass is 16.5. The summed E-state index contributed by atoms with van der Waals surface area (Å²) in [4.78, 5) is 39.4. The van der Waals surface area contributed by atoms with Gasteiger partial charge in [-0.1, -0.05) is 30.3 Å². The van der Waals surface area contributed by atoms with E-state index in [1.54, 1.807) is 30.3 Å². The van der Waals surface area contributed by atoms with E-state index in [-0.39, 0.29) is 28.5 Å². The standard InChI is InChI=1S/C20H19NO7/c1-25-13-10-12-14(18(27-3)17(13)26-2)16(22)19(23)21(12)15(20(24)28-4)11-8-6-5-7-9-11/h5-10,15H,1-4H3. The Bertz CT molecular complexity index is 939. The van der Waals surface area contributed by atoms with Crippen molar-refractivity contribution < 1.29 is 33.3 Å². The largest absolute Gasteiger partial charge is 0.493 e. The maximum atomic E-state index is 12.9. The van der Waals surface area contributed by atoms with Crippen LogP contribution in [0.1, 0.15) is 22.0 Å². The quantitative estimate of drug-likeness (QED) is 0.556. The van der Waals surface area contributed by atoms with Gasteiger partial charge in [-0.3, -0.25) is 14.5 Å². The van der Waals surface area contributed by atoms with Crippen LogP contribution in [0.3, 0.4) is 0 Å². The predicted octanol–water partition coefficient (Wildman–Crippen LogP) is 2.16. The Kier molecular flexibility index (Phi) is 5.21. The number of hydrogen-bond donors (Lipinski definition) is 0. The third-order valence-corrected chi connectivity index (χ3v) is 4.51. The van der Waals surface area contributed by atoms with E-state index >= 15 is 0 Å². The molecule has 1 aliphatic heterocycles. The fourth-order valence-electron chi connectivity index (χ4n) is 3.27. The average Bonchev–Trinajstić information content (AvgIpc) is 2.97. The molecule has 0 spiro atoms. The van der Waals surface area contributed by atoms with Gasteiger partial charge < -0.3 is 18.9 Å². The van der Waals surface area contributed by atoms with Crippen LogP contribution in [0.4, 0.5) is 5.69 Å². The van der Waals surface area contributed by atoms with E-state index in [1.165, 1.54) is 34.5 Å². The number of nitrogens with zero attached hydrogens (tertiary/aromatic N) is 1. The fraction of sp³-hybridized carbons (Fsp3) is 0.250. The molecular formula is C20H19NO7. The van der Waals surface area contributed by atoms with E-state index in [2.05, 4.69) is 0 Å². The van der Waals surface area contributed by atoms with E-state index in [0.29, 0.717) is 5.56 Å².